The van der Waals surface area contributed by atoms with E-state index in [1.165, 1.54) is 40.6 Å². The first kappa shape index (κ1) is 65.8. The number of aromatic nitrogens is 2. The quantitative estimate of drug-likeness (QED) is 0.0793. The Morgan fingerprint density at radius 2 is 0.789 bits per heavy atom. The molecule has 2 radical (unpaired) electrons. The monoisotopic (exact) mass is 1240 g/mol. The molecule has 2 aromatic heterocycles. The van der Waals surface area contributed by atoms with Gasteiger partial charge in [-0.2, -0.15) is 0 Å². The van der Waals surface area contributed by atoms with Crippen molar-refractivity contribution in [1.82, 2.24) is 9.13 Å². The Bertz CT molecular complexity index is 4380. The molecule has 0 spiro atoms. The van der Waals surface area contributed by atoms with Gasteiger partial charge in [-0.1, -0.05) is 184 Å². The number of phenols is 2. The highest BCUT2D eigenvalue weighted by atomic mass is 28.3. The molecule has 0 bridgehead atoms. The fourth-order valence-corrected chi connectivity index (χ4v) is 16.0. The van der Waals surface area contributed by atoms with Crippen molar-refractivity contribution < 1.29 is 28.5 Å². The summed E-state index contributed by atoms with van der Waals surface area (Å²) in [7, 11) is -1.72. The number of hydrogen-bond acceptors (Lipinski definition) is 4. The summed E-state index contributed by atoms with van der Waals surface area (Å²) in [5.41, 5.74) is 12.5. The zero-order valence-corrected chi connectivity index (χ0v) is 59.7. The van der Waals surface area contributed by atoms with Crippen molar-refractivity contribution in [3.63, 3.8) is 0 Å². The van der Waals surface area contributed by atoms with Crippen molar-refractivity contribution in [2.24, 2.45) is 10.8 Å². The van der Waals surface area contributed by atoms with E-state index in [2.05, 4.69) is 231 Å². The number of rotatable bonds is 15. The normalized spacial score (nSPS) is 13.2. The predicted octanol–water partition coefficient (Wildman–Crippen LogP) is 21.5. The number of aromatic hydroxyl groups is 2. The fourth-order valence-electron chi connectivity index (χ4n) is 14.2. The molecule has 8 aromatic carbocycles. The van der Waals surface area contributed by atoms with Gasteiger partial charge in [0.15, 0.2) is 0 Å². The van der Waals surface area contributed by atoms with Crippen LogP contribution >= 0.6 is 0 Å². The lowest BCUT2D eigenvalue weighted by Gasteiger charge is -2.34. The minimum Gasteiger partial charge on any atom is -0.505 e. The van der Waals surface area contributed by atoms with Gasteiger partial charge < -0.3 is 28.8 Å². The molecule has 0 saturated heterocycles. The van der Waals surface area contributed by atoms with Crippen LogP contribution in [0.25, 0.3) is 77.2 Å². The van der Waals surface area contributed by atoms with Gasteiger partial charge in [0.2, 0.25) is 0 Å². The maximum absolute atomic E-state index is 16.3. The molecular formula is C80H96F2N2O4Si2. The molecule has 472 valence electrons. The summed E-state index contributed by atoms with van der Waals surface area (Å²) in [5, 5.41) is 31.9. The van der Waals surface area contributed by atoms with Crippen LogP contribution < -0.4 is 14.7 Å². The number of nitrogens with zero attached hydrogens (tertiary/aromatic N) is 2. The Balaban J connectivity index is 1.06. The highest BCUT2D eigenvalue weighted by molar-refractivity contribution is 6.88. The number of fused-ring (bicyclic) bond motifs is 6. The number of benzene rings is 8. The summed E-state index contributed by atoms with van der Waals surface area (Å²) in [4.78, 5) is 0. The maximum Gasteiger partial charge on any atom is 0.147 e. The van der Waals surface area contributed by atoms with Gasteiger partial charge in [-0.3, -0.25) is 0 Å². The topological polar surface area (TPSA) is 68.8 Å². The van der Waals surface area contributed by atoms with Crippen LogP contribution in [0.5, 0.6) is 23.0 Å². The molecule has 10 aromatic rings. The van der Waals surface area contributed by atoms with Gasteiger partial charge >= 0.3 is 0 Å². The highest BCUT2D eigenvalue weighted by Crippen LogP contribution is 2.51. The first-order valence-electron chi connectivity index (χ1n) is 32.1. The summed E-state index contributed by atoms with van der Waals surface area (Å²) in [6.45, 7) is 48.7. The first-order chi connectivity index (χ1) is 41.6. The lowest BCUT2D eigenvalue weighted by molar-refractivity contribution is 0.283. The van der Waals surface area contributed by atoms with Crippen LogP contribution in [0, 0.1) is 43.2 Å². The van der Waals surface area contributed by atoms with Crippen molar-refractivity contribution in [2.75, 3.05) is 12.5 Å². The summed E-state index contributed by atoms with van der Waals surface area (Å²) >= 11 is 0. The van der Waals surface area contributed by atoms with E-state index in [-0.39, 0.29) is 66.0 Å². The molecule has 0 aliphatic rings. The Hall–Kier alpha value is -7.15. The smallest absolute Gasteiger partial charge is 0.147 e. The van der Waals surface area contributed by atoms with Crippen LogP contribution in [0.1, 0.15) is 163 Å². The third kappa shape index (κ3) is 13.0. The van der Waals surface area contributed by atoms with Gasteiger partial charge in [-0.25, -0.2) is 8.78 Å². The van der Waals surface area contributed by atoms with Gasteiger partial charge in [0.05, 0.1) is 54.0 Å². The maximum atomic E-state index is 16.3. The van der Waals surface area contributed by atoms with Gasteiger partial charge in [-0.05, 0) is 178 Å². The lowest BCUT2D eigenvalue weighted by atomic mass is 9.71. The molecular weight excluding hydrogens is 1150 g/mol. The average molecular weight is 1240 g/mol. The van der Waals surface area contributed by atoms with Crippen LogP contribution in [0.2, 0.25) is 19.6 Å². The Kier molecular flexibility index (Phi) is 17.0. The van der Waals surface area contributed by atoms with E-state index >= 15 is 8.78 Å². The molecule has 0 atom stereocenters. The summed E-state index contributed by atoms with van der Waals surface area (Å²) in [5.74, 6) is 0.106. The van der Waals surface area contributed by atoms with Crippen LogP contribution in [-0.2, 0) is 21.7 Å². The SMILES string of the molecule is Cc1ccc2c3ccc([Si](C)(C)C)cc3n(-c3cc(C(C)(C)CC(C)(C)C)cc(-c4cc(F)cc(C)c4OC[Si]COc4c(C)cc(F)cc4-c4cc(C(C)(C)CC(C)(C)C)cc(-n5c6cc(C(C)(C)C)ccc6c6ccc(C(C)(C)C)cc65)c4O)c3O)c2c1. The van der Waals surface area contributed by atoms with E-state index in [0.29, 0.717) is 56.3 Å². The molecule has 0 aliphatic carbocycles. The molecule has 90 heavy (non-hydrogen) atoms. The summed E-state index contributed by atoms with van der Waals surface area (Å²) in [6, 6.07) is 41.0. The third-order valence-corrected chi connectivity index (χ3v) is 20.9. The first-order valence-corrected chi connectivity index (χ1v) is 37.0. The Morgan fingerprint density at radius 1 is 0.422 bits per heavy atom. The Morgan fingerprint density at radius 3 is 1.17 bits per heavy atom. The molecule has 2 N–H and O–H groups in total. The van der Waals surface area contributed by atoms with Crippen LogP contribution in [0.3, 0.4) is 0 Å². The molecule has 0 fully saturated rings. The number of halogens is 2. The highest BCUT2D eigenvalue weighted by Gasteiger charge is 2.34. The number of ether oxygens (including phenoxy) is 2. The lowest BCUT2D eigenvalue weighted by Crippen LogP contribution is -2.37. The number of phenolic OH excluding ortho intramolecular Hbond substituents is 2. The number of hydrogen-bond donors (Lipinski definition) is 2. The fraction of sp³-hybridized carbons (Fsp3) is 0.400. The summed E-state index contributed by atoms with van der Waals surface area (Å²) in [6.07, 6.45) is 2.09. The molecule has 2 heterocycles. The molecule has 10 heteroatoms. The van der Waals surface area contributed by atoms with Crippen LogP contribution in [0.15, 0.2) is 121 Å². The van der Waals surface area contributed by atoms with E-state index in [9.17, 15) is 10.2 Å². The third-order valence-electron chi connectivity index (χ3n) is 18.2. The standard InChI is InChI=1S/C80H96F2N2O4Si2/c1-47-23-27-57-60-30-26-56(90(20,21)22)42-68(60)83(65(57)31-47)69-38-52(79(16,17)43-75(4,5)6)34-61(71(69)85)63-40-54(81)32-48(2)73(63)87-45-89-46-88-74-49(3)33-55(82)41-64(74)62-35-53(80(18,19)44-76(7,8)9)39-70(72(62)86)84-66-36-50(77(10,11)12)24-28-58(66)59-29-25-51(37-67(59)84)78(13,14)15/h23-42,85-86H,43-46H2,1-22H3. The van der Waals surface area contributed by atoms with Crippen molar-refractivity contribution in [1.29, 1.82) is 0 Å². The average Bonchev–Trinajstić information content (AvgIpc) is 1.51. The van der Waals surface area contributed by atoms with Gasteiger partial charge in [0.25, 0.3) is 0 Å². The molecule has 0 saturated carbocycles. The minimum atomic E-state index is -1.79. The van der Waals surface area contributed by atoms with Crippen molar-refractivity contribution in [3.8, 4) is 56.6 Å². The van der Waals surface area contributed by atoms with Crippen molar-refractivity contribution in [2.45, 2.75) is 186 Å². The predicted molar refractivity (Wildman–Crippen MR) is 381 cm³/mol. The van der Waals surface area contributed by atoms with E-state index < -0.39 is 19.7 Å². The molecule has 6 nitrogen and oxygen atoms in total. The van der Waals surface area contributed by atoms with E-state index in [4.69, 9.17) is 9.47 Å². The van der Waals surface area contributed by atoms with Crippen molar-refractivity contribution in [3.05, 3.63) is 172 Å². The largest absolute Gasteiger partial charge is 0.505 e. The van der Waals surface area contributed by atoms with Gasteiger partial charge in [0.1, 0.15) is 44.2 Å². The second kappa shape index (κ2) is 23.2. The minimum absolute atomic E-state index is 0.0215. The van der Waals surface area contributed by atoms with Gasteiger partial charge in [0, 0.05) is 43.8 Å². The summed E-state index contributed by atoms with van der Waals surface area (Å²) < 4.78 is 50.6. The second-order valence-corrected chi connectivity index (χ2v) is 38.8. The Labute approximate surface area is 538 Å². The zero-order chi connectivity index (χ0) is 65.9. The zero-order valence-electron chi connectivity index (χ0n) is 57.7. The van der Waals surface area contributed by atoms with E-state index in [1.807, 2.05) is 26.0 Å². The van der Waals surface area contributed by atoms with E-state index in [1.54, 1.807) is 0 Å². The molecule has 0 amide bonds. The number of aryl methyl sites for hydroxylation is 3. The van der Waals surface area contributed by atoms with E-state index in [0.717, 1.165) is 73.1 Å². The van der Waals surface area contributed by atoms with Crippen LogP contribution in [0.4, 0.5) is 8.78 Å². The molecule has 0 unspecified atom stereocenters. The molecule has 10 rings (SSSR count). The van der Waals surface area contributed by atoms with Crippen molar-refractivity contribution >= 4 is 66.4 Å². The second-order valence-electron chi connectivity index (χ2n) is 32.7. The van der Waals surface area contributed by atoms with Gasteiger partial charge in [-0.15, -0.1) is 0 Å². The molecule has 0 aliphatic heterocycles. The van der Waals surface area contributed by atoms with Crippen LogP contribution in [-0.4, -0.2) is 49.4 Å².